The van der Waals surface area contributed by atoms with Crippen molar-refractivity contribution in [3.05, 3.63) is 60.4 Å². The Morgan fingerprint density at radius 3 is 2.39 bits per heavy atom. The summed E-state index contributed by atoms with van der Waals surface area (Å²) in [5.41, 5.74) is 2.79. The van der Waals surface area contributed by atoms with Gasteiger partial charge in [-0.2, -0.15) is 9.61 Å². The van der Waals surface area contributed by atoms with E-state index in [0.717, 1.165) is 23.0 Å². The van der Waals surface area contributed by atoms with Crippen molar-refractivity contribution in [2.45, 2.75) is 39.2 Å². The van der Waals surface area contributed by atoms with Crippen LogP contribution in [0.25, 0.3) is 11.3 Å². The van der Waals surface area contributed by atoms with Gasteiger partial charge in [0.05, 0.1) is 11.7 Å². The molecule has 0 aliphatic heterocycles. The zero-order chi connectivity index (χ0) is 19.9. The van der Waals surface area contributed by atoms with E-state index in [1.807, 2.05) is 35.8 Å². The third-order valence-corrected chi connectivity index (χ3v) is 4.92. The smallest absolute Gasteiger partial charge is 0.178 e. The van der Waals surface area contributed by atoms with Gasteiger partial charge >= 0.3 is 0 Å². The van der Waals surface area contributed by atoms with Gasteiger partial charge in [-0.3, -0.25) is 0 Å². The molecule has 0 amide bonds. The van der Waals surface area contributed by atoms with Crippen molar-refractivity contribution >= 4 is 11.5 Å². The molecule has 1 aromatic carbocycles. The maximum atomic E-state index is 4.80. The highest BCUT2D eigenvalue weighted by Crippen LogP contribution is 2.26. The number of nitrogens with zero attached hydrogens (tertiary/aromatic N) is 8. The number of aromatic nitrogens is 7. The molecule has 0 aliphatic rings. The molecule has 0 fully saturated rings. The monoisotopic (exact) mass is 376 g/mol. The summed E-state index contributed by atoms with van der Waals surface area (Å²) in [5, 5.41) is 17.5. The van der Waals surface area contributed by atoms with E-state index in [2.05, 4.69) is 65.0 Å². The van der Waals surface area contributed by atoms with Crippen LogP contribution < -0.4 is 4.90 Å². The molecule has 144 valence electrons. The summed E-state index contributed by atoms with van der Waals surface area (Å²) < 4.78 is 3.58. The van der Waals surface area contributed by atoms with E-state index in [1.54, 1.807) is 11.0 Å². The largest absolute Gasteiger partial charge is 0.351 e. The fourth-order valence-corrected chi connectivity index (χ4v) is 3.10. The lowest BCUT2D eigenvalue weighted by Gasteiger charge is -2.26. The predicted molar refractivity (Wildman–Crippen MR) is 108 cm³/mol. The first kappa shape index (κ1) is 18.1. The van der Waals surface area contributed by atoms with Crippen LogP contribution >= 0.6 is 0 Å². The Bertz CT molecular complexity index is 1070. The van der Waals surface area contributed by atoms with Crippen LogP contribution in [0.3, 0.4) is 0 Å². The van der Waals surface area contributed by atoms with E-state index in [0.29, 0.717) is 0 Å². The molecule has 8 heteroatoms. The average molecular weight is 376 g/mol. The van der Waals surface area contributed by atoms with Crippen molar-refractivity contribution in [1.82, 2.24) is 34.6 Å². The fourth-order valence-electron chi connectivity index (χ4n) is 3.10. The van der Waals surface area contributed by atoms with Crippen molar-refractivity contribution in [2.75, 3.05) is 11.9 Å². The lowest BCUT2D eigenvalue weighted by atomic mass is 9.96. The number of hydrogen-bond acceptors (Lipinski definition) is 6. The van der Waals surface area contributed by atoms with Gasteiger partial charge in [0.2, 0.25) is 0 Å². The molecular weight excluding hydrogens is 352 g/mol. The number of fused-ring (bicyclic) bond motifs is 1. The Balaban J connectivity index is 1.62. The molecule has 4 aromatic rings. The number of benzene rings is 1. The van der Waals surface area contributed by atoms with E-state index in [-0.39, 0.29) is 11.5 Å². The first-order valence-corrected chi connectivity index (χ1v) is 9.25. The Hall–Kier alpha value is -3.29. The molecule has 0 saturated heterocycles. The zero-order valence-corrected chi connectivity index (χ0v) is 16.8. The quantitative estimate of drug-likeness (QED) is 0.544. The first-order chi connectivity index (χ1) is 13.3. The number of rotatable bonds is 4. The molecule has 1 atom stereocenters. The van der Waals surface area contributed by atoms with Crippen LogP contribution in [0.4, 0.5) is 5.82 Å². The van der Waals surface area contributed by atoms with Crippen LogP contribution in [0.5, 0.6) is 0 Å². The van der Waals surface area contributed by atoms with Gasteiger partial charge in [0.15, 0.2) is 11.5 Å². The molecule has 0 spiro atoms. The van der Waals surface area contributed by atoms with Crippen molar-refractivity contribution < 1.29 is 0 Å². The second kappa shape index (κ2) is 6.70. The number of hydrogen-bond donors (Lipinski definition) is 0. The van der Waals surface area contributed by atoms with Gasteiger partial charge in [-0.1, -0.05) is 32.9 Å². The Morgan fingerprint density at radius 1 is 1.00 bits per heavy atom. The van der Waals surface area contributed by atoms with Gasteiger partial charge in [0, 0.05) is 12.5 Å². The summed E-state index contributed by atoms with van der Waals surface area (Å²) in [4.78, 5) is 6.14. The van der Waals surface area contributed by atoms with Crippen molar-refractivity contribution in [1.29, 1.82) is 0 Å². The molecular formula is C20H24N8. The summed E-state index contributed by atoms with van der Waals surface area (Å²) in [7, 11) is 2.05. The summed E-state index contributed by atoms with van der Waals surface area (Å²) >= 11 is 0. The molecule has 0 bridgehead atoms. The highest BCUT2D eigenvalue weighted by Gasteiger charge is 2.23. The van der Waals surface area contributed by atoms with Gasteiger partial charge in [0.1, 0.15) is 18.5 Å². The third kappa shape index (κ3) is 3.21. The van der Waals surface area contributed by atoms with Crippen LogP contribution in [0.2, 0.25) is 0 Å². The maximum absolute atomic E-state index is 4.80. The molecule has 0 aliphatic carbocycles. The molecule has 1 unspecified atom stereocenters. The van der Waals surface area contributed by atoms with E-state index < -0.39 is 0 Å². The Kier molecular flexibility index (Phi) is 4.33. The van der Waals surface area contributed by atoms with Gasteiger partial charge in [-0.05, 0) is 36.8 Å². The number of anilines is 1. The maximum Gasteiger partial charge on any atom is 0.178 e. The van der Waals surface area contributed by atoms with Crippen LogP contribution in [0, 0.1) is 0 Å². The van der Waals surface area contributed by atoms with Crippen molar-refractivity contribution in [3.63, 3.8) is 0 Å². The molecule has 0 N–H and O–H groups in total. The fraction of sp³-hybridized carbons (Fsp3) is 0.350. The first-order valence-electron chi connectivity index (χ1n) is 9.25. The summed E-state index contributed by atoms with van der Waals surface area (Å²) in [6.45, 7) is 8.50. The van der Waals surface area contributed by atoms with Crippen LogP contribution in [-0.4, -0.2) is 41.6 Å². The lowest BCUT2D eigenvalue weighted by molar-refractivity contribution is 0.526. The van der Waals surface area contributed by atoms with Gasteiger partial charge in [0.25, 0.3) is 0 Å². The van der Waals surface area contributed by atoms with Gasteiger partial charge in [-0.15, -0.1) is 15.3 Å². The zero-order valence-electron chi connectivity index (χ0n) is 16.8. The van der Waals surface area contributed by atoms with Crippen molar-refractivity contribution in [2.24, 2.45) is 0 Å². The summed E-state index contributed by atoms with van der Waals surface area (Å²) in [6, 6.07) is 12.4. The average Bonchev–Trinajstić information content (AvgIpc) is 3.35. The summed E-state index contributed by atoms with van der Waals surface area (Å²) in [6.07, 6.45) is 3.22. The third-order valence-electron chi connectivity index (χ3n) is 4.92. The minimum Gasteiger partial charge on any atom is -0.351 e. The Labute approximate surface area is 163 Å². The molecule has 8 nitrogen and oxygen atoms in total. The molecule has 0 saturated carbocycles. The van der Waals surface area contributed by atoms with E-state index >= 15 is 0 Å². The van der Waals surface area contributed by atoms with E-state index in [4.69, 9.17) is 5.10 Å². The van der Waals surface area contributed by atoms with Gasteiger partial charge < -0.3 is 4.90 Å². The highest BCUT2D eigenvalue weighted by molar-refractivity contribution is 5.48. The molecule has 4 rings (SSSR count). The molecule has 3 heterocycles. The lowest BCUT2D eigenvalue weighted by Crippen LogP contribution is -2.24. The van der Waals surface area contributed by atoms with Crippen LogP contribution in [0.1, 0.15) is 45.1 Å². The minimum atomic E-state index is -0.133. The highest BCUT2D eigenvalue weighted by atomic mass is 15.4. The standard InChI is InChI=1S/C20H24N8/c1-14(15-6-8-16(9-7-15)27-13-21-12-22-27)26(5)18-11-10-17-23-24-19(20(2,3)4)28(17)25-18/h6-14H,1-5H3. The van der Waals surface area contributed by atoms with Crippen molar-refractivity contribution in [3.8, 4) is 5.69 Å². The second-order valence-electron chi connectivity index (χ2n) is 7.95. The Morgan fingerprint density at radius 2 is 1.75 bits per heavy atom. The topological polar surface area (TPSA) is 77.0 Å². The second-order valence-corrected chi connectivity index (χ2v) is 7.95. The van der Waals surface area contributed by atoms with Crippen LogP contribution in [-0.2, 0) is 5.41 Å². The predicted octanol–water partition coefficient (Wildman–Crippen LogP) is 3.20. The minimum absolute atomic E-state index is 0.133. The van der Waals surface area contributed by atoms with E-state index in [1.165, 1.54) is 11.9 Å². The normalized spacial score (nSPS) is 13.0. The molecule has 0 radical (unpaired) electrons. The summed E-state index contributed by atoms with van der Waals surface area (Å²) in [5.74, 6) is 1.72. The SMILES string of the molecule is CC(c1ccc(-n2cncn2)cc1)N(C)c1ccc2nnc(C(C)(C)C)n2n1. The van der Waals surface area contributed by atoms with Crippen LogP contribution in [0.15, 0.2) is 49.1 Å². The molecule has 28 heavy (non-hydrogen) atoms. The van der Waals surface area contributed by atoms with E-state index in [9.17, 15) is 0 Å². The van der Waals surface area contributed by atoms with Gasteiger partial charge in [-0.25, -0.2) is 9.67 Å². The molecule has 3 aromatic heterocycles.